The molecule has 1 rings (SSSR count). The van der Waals surface area contributed by atoms with E-state index in [9.17, 15) is 0 Å². The van der Waals surface area contributed by atoms with Crippen LogP contribution in [0.4, 0.5) is 0 Å². The third kappa shape index (κ3) is 2.22. The second-order valence-electron chi connectivity index (χ2n) is 3.66. The molecule has 0 amide bonds. The molecule has 1 radical (unpaired) electrons. The van der Waals surface area contributed by atoms with Gasteiger partial charge in [0.2, 0.25) is 0 Å². The second-order valence-corrected chi connectivity index (χ2v) is 4.58. The van der Waals surface area contributed by atoms with Crippen LogP contribution >= 0.6 is 15.9 Å². The molecule has 2 heteroatoms. The van der Waals surface area contributed by atoms with Crippen LogP contribution in [0.15, 0.2) is 28.7 Å². The molecule has 0 nitrogen and oxygen atoms in total. The normalized spacial score (nSPS) is 11.4. The Labute approximate surface area is 96.5 Å². The summed E-state index contributed by atoms with van der Waals surface area (Å²) in [6, 6.07) is 8.64. The molecule has 0 aliphatic rings. The monoisotopic (exact) mass is 251 g/mol. The molecule has 75 valence electrons. The van der Waals surface area contributed by atoms with E-state index in [1.807, 2.05) is 0 Å². The highest BCUT2D eigenvalue weighted by Gasteiger charge is 2.26. The first-order valence-electron chi connectivity index (χ1n) is 5.25. The molecule has 0 N–H and O–H groups in total. The van der Waals surface area contributed by atoms with Gasteiger partial charge < -0.3 is 0 Å². The van der Waals surface area contributed by atoms with Gasteiger partial charge in [-0.05, 0) is 23.0 Å². The predicted molar refractivity (Wildman–Crippen MR) is 68.0 cm³/mol. The van der Waals surface area contributed by atoms with Crippen molar-refractivity contribution in [1.82, 2.24) is 0 Å². The van der Waals surface area contributed by atoms with Gasteiger partial charge >= 0.3 is 0 Å². The minimum absolute atomic E-state index is 0.254. The fourth-order valence-corrected chi connectivity index (χ4v) is 2.43. The van der Waals surface area contributed by atoms with E-state index in [2.05, 4.69) is 68.1 Å². The third-order valence-electron chi connectivity index (χ3n) is 3.21. The van der Waals surface area contributed by atoms with Crippen LogP contribution in [-0.2, 0) is 5.31 Å². The van der Waals surface area contributed by atoms with Crippen molar-refractivity contribution in [1.29, 1.82) is 0 Å². The highest BCUT2D eigenvalue weighted by Crippen LogP contribution is 2.31. The summed E-state index contributed by atoms with van der Waals surface area (Å²) < 4.78 is 1.17. The van der Waals surface area contributed by atoms with E-state index in [-0.39, 0.29) is 5.31 Å². The Hall–Kier alpha value is -0.235. The molecule has 0 heterocycles. The summed E-state index contributed by atoms with van der Waals surface area (Å²) in [5.41, 5.74) is 1.42. The lowest BCUT2D eigenvalue weighted by Crippen LogP contribution is -2.30. The van der Waals surface area contributed by atoms with Gasteiger partial charge in [-0.15, -0.1) is 0 Å². The van der Waals surface area contributed by atoms with Gasteiger partial charge in [-0.3, -0.25) is 0 Å². The van der Waals surface area contributed by atoms with E-state index < -0.39 is 0 Å². The van der Waals surface area contributed by atoms with Crippen molar-refractivity contribution in [2.24, 2.45) is 0 Å². The van der Waals surface area contributed by atoms with Gasteiger partial charge in [0.05, 0.1) is 0 Å². The molecule has 14 heavy (non-hydrogen) atoms. The molecular weight excluding hydrogens is 235 g/mol. The minimum atomic E-state index is 0.254. The Bertz CT molecular complexity index is 284. The molecule has 0 saturated heterocycles. The maximum absolute atomic E-state index is 3.53. The van der Waals surface area contributed by atoms with E-state index in [1.165, 1.54) is 10.0 Å². The fourth-order valence-electron chi connectivity index (χ4n) is 2.03. The van der Waals surface area contributed by atoms with Gasteiger partial charge in [0.15, 0.2) is 0 Å². The van der Waals surface area contributed by atoms with Crippen molar-refractivity contribution >= 4 is 23.2 Å². The first-order valence-corrected chi connectivity index (χ1v) is 6.04. The summed E-state index contributed by atoms with van der Waals surface area (Å²) in [7, 11) is 2.33. The van der Waals surface area contributed by atoms with Crippen molar-refractivity contribution in [3.63, 3.8) is 0 Å². The number of benzene rings is 1. The molecular formula is C12H17BBr. The summed E-state index contributed by atoms with van der Waals surface area (Å²) in [4.78, 5) is 0. The van der Waals surface area contributed by atoms with Crippen molar-refractivity contribution in [2.45, 2.75) is 38.8 Å². The van der Waals surface area contributed by atoms with Gasteiger partial charge in [-0.1, -0.05) is 61.6 Å². The molecule has 1 aromatic carbocycles. The van der Waals surface area contributed by atoms with E-state index in [4.69, 9.17) is 0 Å². The van der Waals surface area contributed by atoms with E-state index in [1.54, 1.807) is 0 Å². The zero-order valence-electron chi connectivity index (χ0n) is 9.18. The maximum Gasteiger partial charge on any atom is 0.120 e. The molecule has 0 spiro atoms. The molecule has 0 aromatic heterocycles. The van der Waals surface area contributed by atoms with Gasteiger partial charge in [0.25, 0.3) is 0 Å². The summed E-state index contributed by atoms with van der Waals surface area (Å²) in [5, 5.41) is 0.254. The van der Waals surface area contributed by atoms with Crippen LogP contribution in [0.5, 0.6) is 0 Å². The molecule has 0 aliphatic heterocycles. The maximum atomic E-state index is 3.53. The lowest BCUT2D eigenvalue weighted by molar-refractivity contribution is 0.557. The predicted octanol–water partition coefficient (Wildman–Crippen LogP) is 4.22. The molecule has 0 bridgehead atoms. The van der Waals surface area contributed by atoms with Crippen molar-refractivity contribution in [2.75, 3.05) is 0 Å². The van der Waals surface area contributed by atoms with E-state index in [0.717, 1.165) is 12.8 Å². The van der Waals surface area contributed by atoms with E-state index in [0.29, 0.717) is 0 Å². The van der Waals surface area contributed by atoms with Gasteiger partial charge in [-0.25, -0.2) is 0 Å². The molecule has 0 atom stereocenters. The first kappa shape index (κ1) is 11.8. The zero-order chi connectivity index (χ0) is 10.6. The van der Waals surface area contributed by atoms with Gasteiger partial charge in [0, 0.05) is 4.47 Å². The SMILES string of the molecule is C[B]C(CC)(CC)c1cccc(Br)c1. The average molecular weight is 252 g/mol. The minimum Gasteiger partial charge on any atom is -0.0911 e. The summed E-state index contributed by atoms with van der Waals surface area (Å²) in [5.74, 6) is 0. The topological polar surface area (TPSA) is 0 Å². The van der Waals surface area contributed by atoms with Crippen LogP contribution in [0.3, 0.4) is 0 Å². The van der Waals surface area contributed by atoms with E-state index >= 15 is 0 Å². The lowest BCUT2D eigenvalue weighted by Gasteiger charge is -2.31. The zero-order valence-corrected chi connectivity index (χ0v) is 10.8. The number of hydrogen-bond donors (Lipinski definition) is 0. The standard InChI is InChI=1S/C12H17BBr/c1-4-12(5-2,13-3)10-7-6-8-11(14)9-10/h6-9H,4-5H2,1-3H3. The van der Waals surface area contributed by atoms with Crippen LogP contribution in [0.25, 0.3) is 0 Å². The highest BCUT2D eigenvalue weighted by atomic mass is 79.9. The summed E-state index contributed by atoms with van der Waals surface area (Å²) in [6.07, 6.45) is 2.33. The summed E-state index contributed by atoms with van der Waals surface area (Å²) >= 11 is 3.53. The Morgan fingerprint density at radius 2 is 1.93 bits per heavy atom. The summed E-state index contributed by atoms with van der Waals surface area (Å²) in [6.45, 7) is 6.67. The van der Waals surface area contributed by atoms with Gasteiger partial charge in [-0.2, -0.15) is 0 Å². The Balaban J connectivity index is 3.10. The smallest absolute Gasteiger partial charge is 0.0911 e. The Morgan fingerprint density at radius 3 is 2.36 bits per heavy atom. The van der Waals surface area contributed by atoms with Crippen LogP contribution in [0.2, 0.25) is 6.82 Å². The van der Waals surface area contributed by atoms with Crippen molar-refractivity contribution in [3.05, 3.63) is 34.3 Å². The lowest BCUT2D eigenvalue weighted by atomic mass is 9.48. The molecule has 0 saturated carbocycles. The van der Waals surface area contributed by atoms with Crippen molar-refractivity contribution in [3.8, 4) is 0 Å². The molecule has 0 unspecified atom stereocenters. The third-order valence-corrected chi connectivity index (χ3v) is 3.71. The highest BCUT2D eigenvalue weighted by molar-refractivity contribution is 9.10. The number of rotatable bonds is 4. The quantitative estimate of drug-likeness (QED) is 0.704. The number of hydrogen-bond acceptors (Lipinski definition) is 0. The number of halogens is 1. The van der Waals surface area contributed by atoms with Crippen LogP contribution in [0, 0.1) is 0 Å². The average Bonchev–Trinajstić information content (AvgIpc) is 2.22. The molecule has 0 aliphatic carbocycles. The first-order chi connectivity index (χ1) is 6.68. The Morgan fingerprint density at radius 1 is 1.29 bits per heavy atom. The fraction of sp³-hybridized carbons (Fsp3) is 0.500. The Kier molecular flexibility index (Phi) is 4.24. The van der Waals surface area contributed by atoms with Crippen LogP contribution in [0.1, 0.15) is 32.3 Å². The van der Waals surface area contributed by atoms with Crippen molar-refractivity contribution < 1.29 is 0 Å². The van der Waals surface area contributed by atoms with Gasteiger partial charge in [0.1, 0.15) is 7.28 Å². The second kappa shape index (κ2) is 5.02. The van der Waals surface area contributed by atoms with Crippen LogP contribution < -0.4 is 0 Å². The molecule has 0 fully saturated rings. The van der Waals surface area contributed by atoms with Crippen LogP contribution in [-0.4, -0.2) is 7.28 Å². The molecule has 1 aromatic rings. The largest absolute Gasteiger partial charge is 0.120 e.